The predicted octanol–water partition coefficient (Wildman–Crippen LogP) is 7.63. The highest BCUT2D eigenvalue weighted by Gasteiger charge is 2.27. The van der Waals surface area contributed by atoms with Crippen LogP contribution in [0.15, 0.2) is 0 Å². The molecule has 1 N–H and O–H groups in total. The molecule has 0 bridgehead atoms. The fourth-order valence-corrected chi connectivity index (χ4v) is 3.84. The molecule has 0 aromatic rings. The number of aliphatic hydroxyl groups is 1. The minimum absolute atomic E-state index is 0.0706. The van der Waals surface area contributed by atoms with Crippen LogP contribution in [0.3, 0.4) is 0 Å². The summed E-state index contributed by atoms with van der Waals surface area (Å²) in [5.41, 5.74) is -0.752. The SMILES string of the molecule is CC(C)CCCCCCCCC(=O)OCC(C)(CO)COC(=O)CCCCCCCCC(C)C. The number of aliphatic hydroxyl groups excluding tert-OH is 1. The van der Waals surface area contributed by atoms with Crippen LogP contribution in [0.2, 0.25) is 0 Å². The van der Waals surface area contributed by atoms with Gasteiger partial charge in [0.2, 0.25) is 0 Å². The maximum absolute atomic E-state index is 12.0. The van der Waals surface area contributed by atoms with Crippen molar-refractivity contribution in [1.29, 1.82) is 0 Å². The van der Waals surface area contributed by atoms with Gasteiger partial charge in [0.1, 0.15) is 13.2 Å². The summed E-state index contributed by atoms with van der Waals surface area (Å²) in [7, 11) is 0. The summed E-state index contributed by atoms with van der Waals surface area (Å²) in [6, 6.07) is 0. The van der Waals surface area contributed by atoms with Crippen molar-refractivity contribution in [3.05, 3.63) is 0 Å². The average Bonchev–Trinajstić information content (AvgIpc) is 2.79. The summed E-state index contributed by atoms with van der Waals surface area (Å²) in [4.78, 5) is 24.1. The van der Waals surface area contributed by atoms with Crippen LogP contribution in [0.4, 0.5) is 0 Å². The molecule has 0 unspecified atom stereocenters. The van der Waals surface area contributed by atoms with Gasteiger partial charge in [-0.1, -0.05) is 112 Å². The Morgan fingerprint density at radius 1 is 0.618 bits per heavy atom. The van der Waals surface area contributed by atoms with Crippen LogP contribution in [-0.2, 0) is 19.1 Å². The average molecular weight is 485 g/mol. The molecule has 0 saturated heterocycles. The minimum atomic E-state index is -0.752. The van der Waals surface area contributed by atoms with Gasteiger partial charge in [0, 0.05) is 12.8 Å². The summed E-state index contributed by atoms with van der Waals surface area (Å²) in [5, 5.41) is 9.73. The first kappa shape index (κ1) is 32.9. The van der Waals surface area contributed by atoms with Crippen molar-refractivity contribution < 1.29 is 24.2 Å². The first-order valence-electron chi connectivity index (χ1n) is 14.1. The quantitative estimate of drug-likeness (QED) is 0.119. The lowest BCUT2D eigenvalue weighted by Crippen LogP contribution is -2.35. The number of carbonyl (C=O) groups is 2. The van der Waals surface area contributed by atoms with E-state index >= 15 is 0 Å². The van der Waals surface area contributed by atoms with Crippen molar-refractivity contribution in [2.45, 2.75) is 137 Å². The lowest BCUT2D eigenvalue weighted by molar-refractivity contribution is -0.155. The molecule has 0 atom stereocenters. The molecule has 5 nitrogen and oxygen atoms in total. The molecule has 5 heteroatoms. The number of esters is 2. The van der Waals surface area contributed by atoms with Gasteiger partial charge in [-0.15, -0.1) is 0 Å². The summed E-state index contributed by atoms with van der Waals surface area (Å²) in [6.45, 7) is 10.8. The van der Waals surface area contributed by atoms with Crippen LogP contribution in [-0.4, -0.2) is 36.9 Å². The van der Waals surface area contributed by atoms with E-state index in [1.807, 2.05) is 0 Å². The Labute approximate surface area is 210 Å². The van der Waals surface area contributed by atoms with E-state index in [4.69, 9.17) is 9.47 Å². The molecule has 0 spiro atoms. The fourth-order valence-electron chi connectivity index (χ4n) is 3.84. The Morgan fingerprint density at radius 3 is 1.26 bits per heavy atom. The Bertz CT molecular complexity index is 461. The molecule has 0 saturated carbocycles. The van der Waals surface area contributed by atoms with Crippen LogP contribution >= 0.6 is 0 Å². The number of carbonyl (C=O) groups excluding carboxylic acids is 2. The molecule has 0 rings (SSSR count). The van der Waals surface area contributed by atoms with Gasteiger partial charge in [-0.2, -0.15) is 0 Å². The van der Waals surface area contributed by atoms with E-state index in [1.54, 1.807) is 6.92 Å². The number of hydrogen-bond donors (Lipinski definition) is 1. The molecule has 202 valence electrons. The van der Waals surface area contributed by atoms with Crippen molar-refractivity contribution in [3.63, 3.8) is 0 Å². The smallest absolute Gasteiger partial charge is 0.305 e. The van der Waals surface area contributed by atoms with Crippen LogP contribution in [0.5, 0.6) is 0 Å². The van der Waals surface area contributed by atoms with Crippen molar-refractivity contribution in [2.24, 2.45) is 17.3 Å². The van der Waals surface area contributed by atoms with Crippen molar-refractivity contribution >= 4 is 11.9 Å². The zero-order valence-electron chi connectivity index (χ0n) is 23.2. The van der Waals surface area contributed by atoms with Gasteiger partial charge in [0.25, 0.3) is 0 Å². The highest BCUT2D eigenvalue weighted by Crippen LogP contribution is 2.19. The van der Waals surface area contributed by atoms with E-state index < -0.39 is 5.41 Å². The van der Waals surface area contributed by atoms with E-state index in [-0.39, 0.29) is 31.8 Å². The third-order valence-electron chi connectivity index (χ3n) is 6.37. The van der Waals surface area contributed by atoms with E-state index in [1.165, 1.54) is 51.4 Å². The Hall–Kier alpha value is -1.10. The molecule has 0 aliphatic carbocycles. The van der Waals surface area contributed by atoms with E-state index in [2.05, 4.69) is 27.7 Å². The highest BCUT2D eigenvalue weighted by molar-refractivity contribution is 5.69. The van der Waals surface area contributed by atoms with Crippen LogP contribution < -0.4 is 0 Å². The second-order valence-corrected chi connectivity index (χ2v) is 11.4. The molecule has 0 aromatic heterocycles. The second-order valence-electron chi connectivity index (χ2n) is 11.4. The molecule has 34 heavy (non-hydrogen) atoms. The largest absolute Gasteiger partial charge is 0.465 e. The topological polar surface area (TPSA) is 72.8 Å². The minimum Gasteiger partial charge on any atom is -0.465 e. The normalized spacial score (nSPS) is 11.9. The van der Waals surface area contributed by atoms with Gasteiger partial charge < -0.3 is 14.6 Å². The number of ether oxygens (including phenoxy) is 2. The van der Waals surface area contributed by atoms with E-state index in [0.29, 0.717) is 12.8 Å². The highest BCUT2D eigenvalue weighted by atomic mass is 16.5. The molecular formula is C29H56O5. The van der Waals surface area contributed by atoms with Crippen LogP contribution in [0.25, 0.3) is 0 Å². The fraction of sp³-hybridized carbons (Fsp3) is 0.931. The standard InChI is InChI=1S/C29H56O5/c1-25(2)18-14-10-6-8-12-16-20-27(31)33-23-29(5,22-30)24-34-28(32)21-17-13-9-7-11-15-19-26(3)4/h25-26,30H,6-24H2,1-5H3. The Kier molecular flexibility index (Phi) is 20.5. The number of rotatable bonds is 23. The lowest BCUT2D eigenvalue weighted by Gasteiger charge is -2.26. The second kappa shape index (κ2) is 21.2. The van der Waals surface area contributed by atoms with Crippen LogP contribution in [0, 0.1) is 17.3 Å². The van der Waals surface area contributed by atoms with Crippen molar-refractivity contribution in [3.8, 4) is 0 Å². The maximum Gasteiger partial charge on any atom is 0.305 e. The first-order chi connectivity index (χ1) is 16.2. The van der Waals surface area contributed by atoms with E-state index in [0.717, 1.165) is 50.4 Å². The molecule has 0 aromatic carbocycles. The first-order valence-corrected chi connectivity index (χ1v) is 14.1. The molecule has 0 heterocycles. The maximum atomic E-state index is 12.0. The summed E-state index contributed by atoms with van der Waals surface area (Å²) in [6.07, 6.45) is 17.1. The molecule has 0 aliphatic heterocycles. The summed E-state index contributed by atoms with van der Waals surface area (Å²) >= 11 is 0. The lowest BCUT2D eigenvalue weighted by atomic mass is 9.94. The zero-order chi connectivity index (χ0) is 25.7. The molecule has 0 aliphatic rings. The van der Waals surface area contributed by atoms with Gasteiger partial charge in [-0.3, -0.25) is 9.59 Å². The van der Waals surface area contributed by atoms with Crippen LogP contribution in [0.1, 0.15) is 137 Å². The van der Waals surface area contributed by atoms with Gasteiger partial charge >= 0.3 is 11.9 Å². The third kappa shape index (κ3) is 21.4. The van der Waals surface area contributed by atoms with Gasteiger partial charge in [0.05, 0.1) is 12.0 Å². The Morgan fingerprint density at radius 2 is 0.941 bits per heavy atom. The number of hydrogen-bond acceptors (Lipinski definition) is 5. The molecule has 0 fully saturated rings. The van der Waals surface area contributed by atoms with Crippen molar-refractivity contribution in [1.82, 2.24) is 0 Å². The monoisotopic (exact) mass is 484 g/mol. The third-order valence-corrected chi connectivity index (χ3v) is 6.37. The number of unbranched alkanes of at least 4 members (excludes halogenated alkanes) is 10. The van der Waals surface area contributed by atoms with Gasteiger partial charge in [0.15, 0.2) is 0 Å². The van der Waals surface area contributed by atoms with Crippen molar-refractivity contribution in [2.75, 3.05) is 19.8 Å². The van der Waals surface area contributed by atoms with Gasteiger partial charge in [-0.25, -0.2) is 0 Å². The van der Waals surface area contributed by atoms with E-state index in [9.17, 15) is 14.7 Å². The molecule has 0 amide bonds. The summed E-state index contributed by atoms with van der Waals surface area (Å²) in [5.74, 6) is 1.09. The Balaban J connectivity index is 3.80. The predicted molar refractivity (Wildman–Crippen MR) is 141 cm³/mol. The van der Waals surface area contributed by atoms with Gasteiger partial charge in [-0.05, 0) is 24.7 Å². The summed E-state index contributed by atoms with van der Waals surface area (Å²) < 4.78 is 10.7. The molecular weight excluding hydrogens is 428 g/mol. The molecule has 0 radical (unpaired) electrons. The zero-order valence-corrected chi connectivity index (χ0v) is 23.2.